The summed E-state index contributed by atoms with van der Waals surface area (Å²) in [5, 5.41) is 3.12. The molecule has 1 rings (SSSR count). The zero-order valence-electron chi connectivity index (χ0n) is 12.5. The lowest BCUT2D eigenvalue weighted by molar-refractivity contribution is 0.411. The Morgan fingerprint density at radius 2 is 2.00 bits per heavy atom. The molecule has 1 unspecified atom stereocenters. The number of sulfone groups is 1. The average molecular weight is 364 g/mol. The molecule has 0 saturated heterocycles. The van der Waals surface area contributed by atoms with Crippen LogP contribution in [0.5, 0.6) is 5.75 Å². The van der Waals surface area contributed by atoms with Crippen LogP contribution in [0, 0.1) is 0 Å². The molecule has 1 aromatic carbocycles. The molecule has 0 amide bonds. The molecule has 0 fully saturated rings. The predicted octanol–water partition coefficient (Wildman–Crippen LogP) is 2.41. The van der Waals surface area contributed by atoms with Crippen molar-refractivity contribution in [3.8, 4) is 5.75 Å². The molecule has 0 aliphatic carbocycles. The maximum atomic E-state index is 11.9. The fraction of sp³-hybridized carbons (Fsp3) is 0.571. The highest BCUT2D eigenvalue weighted by Gasteiger charge is 2.38. The van der Waals surface area contributed by atoms with Gasteiger partial charge in [-0.1, -0.05) is 6.07 Å². The van der Waals surface area contributed by atoms with Gasteiger partial charge < -0.3 is 10.1 Å². The van der Waals surface area contributed by atoms with Crippen LogP contribution in [-0.2, 0) is 16.3 Å². The first-order chi connectivity index (χ1) is 9.13. The van der Waals surface area contributed by atoms with Crippen LogP contribution in [0.15, 0.2) is 22.7 Å². The summed E-state index contributed by atoms with van der Waals surface area (Å²) in [6.07, 6.45) is 1.90. The molecule has 0 radical (unpaired) electrons. The summed E-state index contributed by atoms with van der Waals surface area (Å²) in [6, 6.07) is 5.62. The van der Waals surface area contributed by atoms with E-state index >= 15 is 0 Å². The highest BCUT2D eigenvalue weighted by Crippen LogP contribution is 2.28. The van der Waals surface area contributed by atoms with Crippen molar-refractivity contribution in [3.63, 3.8) is 0 Å². The van der Waals surface area contributed by atoms with Crippen LogP contribution in [0.1, 0.15) is 19.4 Å². The molecule has 1 aromatic rings. The first kappa shape index (κ1) is 17.5. The standard InChI is InChI=1S/C14H22BrNO3S/c1-14(2,20(5,17)18)13(16-3)9-10-6-7-12(19-4)11(15)8-10/h6-8,13,16H,9H2,1-5H3. The van der Waals surface area contributed by atoms with Gasteiger partial charge in [-0.3, -0.25) is 0 Å². The van der Waals surface area contributed by atoms with Crippen LogP contribution in [0.4, 0.5) is 0 Å². The molecule has 4 nitrogen and oxygen atoms in total. The van der Waals surface area contributed by atoms with E-state index in [0.717, 1.165) is 15.8 Å². The zero-order chi connectivity index (χ0) is 15.6. The maximum Gasteiger partial charge on any atom is 0.154 e. The van der Waals surface area contributed by atoms with Gasteiger partial charge in [0.1, 0.15) is 5.75 Å². The lowest BCUT2D eigenvalue weighted by atomic mass is 9.95. The molecule has 0 heterocycles. The van der Waals surface area contributed by atoms with Crippen LogP contribution >= 0.6 is 15.9 Å². The molecule has 1 N–H and O–H groups in total. The Morgan fingerprint density at radius 3 is 2.40 bits per heavy atom. The normalized spacial score (nSPS) is 14.1. The van der Waals surface area contributed by atoms with Gasteiger partial charge in [0.2, 0.25) is 0 Å². The molecule has 0 aliphatic rings. The lowest BCUT2D eigenvalue weighted by Gasteiger charge is -2.32. The van der Waals surface area contributed by atoms with Crippen molar-refractivity contribution >= 4 is 25.8 Å². The summed E-state index contributed by atoms with van der Waals surface area (Å²) >= 11 is 3.45. The van der Waals surface area contributed by atoms with Gasteiger partial charge in [-0.2, -0.15) is 0 Å². The van der Waals surface area contributed by atoms with Gasteiger partial charge in [0.15, 0.2) is 9.84 Å². The minimum atomic E-state index is -3.16. The van der Waals surface area contributed by atoms with Gasteiger partial charge in [0, 0.05) is 12.3 Å². The van der Waals surface area contributed by atoms with Gasteiger partial charge in [0.25, 0.3) is 0 Å². The number of halogens is 1. The number of hydrogen-bond donors (Lipinski definition) is 1. The molecule has 0 spiro atoms. The second-order valence-corrected chi connectivity index (χ2v) is 8.84. The molecule has 0 saturated carbocycles. The van der Waals surface area contributed by atoms with Crippen LogP contribution in [0.25, 0.3) is 0 Å². The van der Waals surface area contributed by atoms with Crippen molar-refractivity contribution < 1.29 is 13.2 Å². The van der Waals surface area contributed by atoms with Gasteiger partial charge in [-0.05, 0) is 60.9 Å². The summed E-state index contributed by atoms with van der Waals surface area (Å²) in [7, 11) is 0.246. The van der Waals surface area contributed by atoms with E-state index in [2.05, 4.69) is 21.2 Å². The quantitative estimate of drug-likeness (QED) is 0.842. The van der Waals surface area contributed by atoms with Crippen LogP contribution in [0.2, 0.25) is 0 Å². The van der Waals surface area contributed by atoms with E-state index < -0.39 is 14.6 Å². The van der Waals surface area contributed by atoms with Crippen molar-refractivity contribution in [1.82, 2.24) is 5.32 Å². The second-order valence-electron chi connectivity index (χ2n) is 5.39. The SMILES string of the molecule is CNC(Cc1ccc(OC)c(Br)c1)C(C)(C)S(C)(=O)=O. The van der Waals surface area contributed by atoms with E-state index in [9.17, 15) is 8.42 Å². The first-order valence-electron chi connectivity index (χ1n) is 6.32. The van der Waals surface area contributed by atoms with Gasteiger partial charge in [-0.25, -0.2) is 8.42 Å². The number of methoxy groups -OCH3 is 1. The summed E-state index contributed by atoms with van der Waals surface area (Å²) in [5.74, 6) is 0.761. The minimum absolute atomic E-state index is 0.169. The van der Waals surface area contributed by atoms with E-state index in [1.54, 1.807) is 28.0 Å². The van der Waals surface area contributed by atoms with E-state index in [4.69, 9.17) is 4.74 Å². The number of hydrogen-bond acceptors (Lipinski definition) is 4. The molecular weight excluding hydrogens is 342 g/mol. The van der Waals surface area contributed by atoms with Crippen molar-refractivity contribution in [2.45, 2.75) is 31.1 Å². The highest BCUT2D eigenvalue weighted by molar-refractivity contribution is 9.10. The number of likely N-dealkylation sites (N-methyl/N-ethyl adjacent to an activating group) is 1. The molecule has 0 aliphatic heterocycles. The monoisotopic (exact) mass is 363 g/mol. The maximum absolute atomic E-state index is 11.9. The third-order valence-electron chi connectivity index (χ3n) is 3.80. The zero-order valence-corrected chi connectivity index (χ0v) is 14.9. The van der Waals surface area contributed by atoms with Crippen molar-refractivity contribution in [1.29, 1.82) is 0 Å². The fourth-order valence-electron chi connectivity index (χ4n) is 2.03. The molecule has 6 heteroatoms. The lowest BCUT2D eigenvalue weighted by Crippen LogP contribution is -2.51. The fourth-order valence-corrected chi connectivity index (χ4v) is 3.33. The average Bonchev–Trinajstić information content (AvgIpc) is 2.34. The summed E-state index contributed by atoms with van der Waals surface area (Å²) in [6.45, 7) is 3.50. The smallest absolute Gasteiger partial charge is 0.154 e. The van der Waals surface area contributed by atoms with Crippen molar-refractivity contribution in [2.75, 3.05) is 20.4 Å². The van der Waals surface area contributed by atoms with E-state index in [1.165, 1.54) is 6.26 Å². The number of ether oxygens (including phenoxy) is 1. The Bertz CT molecular complexity index is 570. The van der Waals surface area contributed by atoms with Gasteiger partial charge in [0.05, 0.1) is 16.3 Å². The minimum Gasteiger partial charge on any atom is -0.496 e. The van der Waals surface area contributed by atoms with E-state index in [0.29, 0.717) is 6.42 Å². The highest BCUT2D eigenvalue weighted by atomic mass is 79.9. The Kier molecular flexibility index (Phi) is 5.63. The first-order valence-corrected chi connectivity index (χ1v) is 9.01. The summed E-state index contributed by atoms with van der Waals surface area (Å²) in [4.78, 5) is 0. The van der Waals surface area contributed by atoms with Gasteiger partial charge in [-0.15, -0.1) is 0 Å². The van der Waals surface area contributed by atoms with Crippen LogP contribution in [0.3, 0.4) is 0 Å². The molecule has 0 aromatic heterocycles. The predicted molar refractivity (Wildman–Crippen MR) is 86.2 cm³/mol. The van der Waals surface area contributed by atoms with Crippen LogP contribution < -0.4 is 10.1 Å². The molecular formula is C14H22BrNO3S. The number of nitrogens with one attached hydrogen (secondary N) is 1. The molecule has 20 heavy (non-hydrogen) atoms. The second kappa shape index (κ2) is 6.45. The molecule has 1 atom stereocenters. The molecule has 0 bridgehead atoms. The van der Waals surface area contributed by atoms with Gasteiger partial charge >= 0.3 is 0 Å². The van der Waals surface area contributed by atoms with Crippen molar-refractivity contribution in [3.05, 3.63) is 28.2 Å². The topological polar surface area (TPSA) is 55.4 Å². The molecule has 114 valence electrons. The number of rotatable bonds is 6. The Morgan fingerprint density at radius 1 is 1.40 bits per heavy atom. The largest absolute Gasteiger partial charge is 0.496 e. The van der Waals surface area contributed by atoms with E-state index in [-0.39, 0.29) is 6.04 Å². The van der Waals surface area contributed by atoms with E-state index in [1.807, 2.05) is 18.2 Å². The third kappa shape index (κ3) is 3.74. The Hall–Kier alpha value is -0.590. The van der Waals surface area contributed by atoms with Crippen molar-refractivity contribution in [2.24, 2.45) is 0 Å². The summed E-state index contributed by atoms with van der Waals surface area (Å²) < 4.78 is 29.1. The third-order valence-corrected chi connectivity index (χ3v) is 6.61. The summed E-state index contributed by atoms with van der Waals surface area (Å²) in [5.41, 5.74) is 1.05. The Labute approximate surface area is 130 Å². The van der Waals surface area contributed by atoms with Crippen LogP contribution in [-0.4, -0.2) is 39.6 Å². The Balaban J connectivity index is 3.03. The number of benzene rings is 1.